The molecule has 12 nitrogen and oxygen atoms in total. The van der Waals surface area contributed by atoms with E-state index in [-0.39, 0.29) is 25.9 Å². The zero-order valence-electron chi connectivity index (χ0n) is 53.1. The van der Waals surface area contributed by atoms with Gasteiger partial charge in [0.15, 0.2) is 24.6 Å². The van der Waals surface area contributed by atoms with Crippen LogP contribution in [0.5, 0.6) is 0 Å². The average molecular weight is 1150 g/mol. The lowest BCUT2D eigenvalue weighted by Crippen LogP contribution is -2.61. The number of unbranched alkanes of at least 4 members (excludes halogenated alkanes) is 48. The molecule has 478 valence electrons. The molecule has 0 spiro atoms. The maximum Gasteiger partial charge on any atom is 0.335 e. The smallest absolute Gasteiger partial charge is 0.335 e. The van der Waals surface area contributed by atoms with Crippen LogP contribution in [0.3, 0.4) is 0 Å². The topological polar surface area (TPSA) is 175 Å². The molecule has 0 radical (unpaired) electrons. The SMILES string of the molecule is CCCCCCCCCCCCCCCCCCCC(=O)OCC(COC1OC(C(=O)O)C(O)C(O)C1OC(=O)CCCCCCCCCCCCCCCCCCC)OC(=O)CCCCCCCCCCCCCCCCCCC. The second-order valence-electron chi connectivity index (χ2n) is 24.5. The van der Waals surface area contributed by atoms with Crippen LogP contribution in [-0.2, 0) is 42.9 Å². The molecule has 1 rings (SSSR count). The number of aliphatic hydroxyl groups is 2. The van der Waals surface area contributed by atoms with E-state index in [1.165, 1.54) is 250 Å². The van der Waals surface area contributed by atoms with Crippen molar-refractivity contribution in [3.05, 3.63) is 0 Å². The Balaban J connectivity index is 2.61. The molecule has 0 saturated carbocycles. The first-order valence-electron chi connectivity index (χ1n) is 35.0. The van der Waals surface area contributed by atoms with Crippen LogP contribution in [-0.4, -0.2) is 89.2 Å². The van der Waals surface area contributed by atoms with Crippen molar-refractivity contribution < 1.29 is 58.2 Å². The fourth-order valence-electron chi connectivity index (χ4n) is 11.3. The number of ether oxygens (including phenoxy) is 5. The van der Waals surface area contributed by atoms with Gasteiger partial charge < -0.3 is 39.0 Å². The Bertz CT molecular complexity index is 1410. The minimum absolute atomic E-state index is 0.0715. The molecule has 0 amide bonds. The summed E-state index contributed by atoms with van der Waals surface area (Å²) in [6, 6.07) is 0. The van der Waals surface area contributed by atoms with E-state index in [0.717, 1.165) is 57.8 Å². The van der Waals surface area contributed by atoms with Crippen LogP contribution < -0.4 is 0 Å². The van der Waals surface area contributed by atoms with E-state index in [1.54, 1.807) is 0 Å². The molecule has 0 aromatic rings. The maximum absolute atomic E-state index is 13.2. The molecule has 81 heavy (non-hydrogen) atoms. The minimum atomic E-state index is -1.89. The quantitative estimate of drug-likeness (QED) is 0.0299. The van der Waals surface area contributed by atoms with Gasteiger partial charge in [-0.1, -0.05) is 329 Å². The fourth-order valence-corrected chi connectivity index (χ4v) is 11.3. The maximum atomic E-state index is 13.2. The van der Waals surface area contributed by atoms with E-state index in [1.807, 2.05) is 0 Å². The van der Waals surface area contributed by atoms with Crippen LogP contribution in [0.4, 0.5) is 0 Å². The first-order chi connectivity index (χ1) is 39.6. The van der Waals surface area contributed by atoms with E-state index in [2.05, 4.69) is 20.8 Å². The van der Waals surface area contributed by atoms with Crippen molar-refractivity contribution in [3.8, 4) is 0 Å². The normalized spacial score (nSPS) is 17.6. The molecular formula is C69H130O12. The highest BCUT2D eigenvalue weighted by atomic mass is 16.7. The molecule has 1 saturated heterocycles. The number of esters is 3. The first kappa shape index (κ1) is 76.7. The predicted molar refractivity (Wildman–Crippen MR) is 331 cm³/mol. The van der Waals surface area contributed by atoms with Crippen molar-refractivity contribution in [1.82, 2.24) is 0 Å². The van der Waals surface area contributed by atoms with Gasteiger partial charge in [0, 0.05) is 19.3 Å². The summed E-state index contributed by atoms with van der Waals surface area (Å²) in [5.74, 6) is -3.05. The highest BCUT2D eigenvalue weighted by Gasteiger charge is 2.50. The number of hydrogen-bond donors (Lipinski definition) is 3. The average Bonchev–Trinajstić information content (AvgIpc) is 3.53. The summed E-state index contributed by atoms with van der Waals surface area (Å²) in [4.78, 5) is 51.4. The lowest BCUT2D eigenvalue weighted by atomic mass is 9.98. The van der Waals surface area contributed by atoms with Gasteiger partial charge in [-0.2, -0.15) is 0 Å². The van der Waals surface area contributed by atoms with Crippen LogP contribution in [0.25, 0.3) is 0 Å². The van der Waals surface area contributed by atoms with Gasteiger partial charge in [-0.3, -0.25) is 14.4 Å². The molecule has 1 fully saturated rings. The molecule has 1 aliphatic heterocycles. The van der Waals surface area contributed by atoms with Gasteiger partial charge in [0.25, 0.3) is 0 Å². The Morgan fingerprint density at radius 2 is 0.630 bits per heavy atom. The second-order valence-corrected chi connectivity index (χ2v) is 24.5. The minimum Gasteiger partial charge on any atom is -0.479 e. The number of carboxylic acids is 1. The number of rotatable bonds is 62. The van der Waals surface area contributed by atoms with Crippen molar-refractivity contribution in [2.45, 2.75) is 404 Å². The summed E-state index contributed by atoms with van der Waals surface area (Å²) >= 11 is 0. The number of carbonyl (C=O) groups is 4. The van der Waals surface area contributed by atoms with Crippen molar-refractivity contribution in [3.63, 3.8) is 0 Å². The van der Waals surface area contributed by atoms with Crippen LogP contribution in [0.2, 0.25) is 0 Å². The van der Waals surface area contributed by atoms with E-state index in [4.69, 9.17) is 23.7 Å². The molecule has 12 heteroatoms. The van der Waals surface area contributed by atoms with Gasteiger partial charge in [-0.15, -0.1) is 0 Å². The molecule has 6 atom stereocenters. The second kappa shape index (κ2) is 58.1. The van der Waals surface area contributed by atoms with Gasteiger partial charge >= 0.3 is 23.9 Å². The molecule has 0 aromatic carbocycles. The van der Waals surface area contributed by atoms with Gasteiger partial charge in [0.05, 0.1) is 6.61 Å². The number of carbonyl (C=O) groups excluding carboxylic acids is 3. The Kier molecular flexibility index (Phi) is 55.1. The molecule has 0 bridgehead atoms. The number of hydrogen-bond acceptors (Lipinski definition) is 11. The summed E-state index contributed by atoms with van der Waals surface area (Å²) in [5, 5.41) is 31.6. The van der Waals surface area contributed by atoms with Gasteiger partial charge in [-0.25, -0.2) is 4.79 Å². The van der Waals surface area contributed by atoms with E-state index < -0.39 is 67.3 Å². The zero-order chi connectivity index (χ0) is 58.9. The summed E-state index contributed by atoms with van der Waals surface area (Å²) < 4.78 is 28.6. The molecular weight excluding hydrogens is 1020 g/mol. The Labute approximate surface area is 497 Å². The predicted octanol–water partition coefficient (Wildman–Crippen LogP) is 19.0. The third kappa shape index (κ3) is 47.6. The van der Waals surface area contributed by atoms with Crippen LogP contribution in [0.15, 0.2) is 0 Å². The number of aliphatic carboxylic acids is 1. The number of carboxylic acid groups (broad SMARTS) is 1. The number of aliphatic hydroxyl groups excluding tert-OH is 2. The summed E-state index contributed by atoms with van der Waals surface area (Å²) in [6.07, 6.45) is 53.4. The fraction of sp³-hybridized carbons (Fsp3) is 0.942. The van der Waals surface area contributed by atoms with Crippen molar-refractivity contribution in [2.24, 2.45) is 0 Å². The lowest BCUT2D eigenvalue weighted by molar-refractivity contribution is -0.301. The lowest BCUT2D eigenvalue weighted by Gasteiger charge is -2.40. The Morgan fingerprint density at radius 3 is 0.926 bits per heavy atom. The van der Waals surface area contributed by atoms with Crippen molar-refractivity contribution in [2.75, 3.05) is 13.2 Å². The summed E-state index contributed by atoms with van der Waals surface area (Å²) in [7, 11) is 0. The van der Waals surface area contributed by atoms with E-state index >= 15 is 0 Å². The Morgan fingerprint density at radius 1 is 0.358 bits per heavy atom. The summed E-state index contributed by atoms with van der Waals surface area (Å²) in [6.45, 7) is 6.09. The van der Waals surface area contributed by atoms with Gasteiger partial charge in [0.2, 0.25) is 0 Å². The van der Waals surface area contributed by atoms with E-state index in [0.29, 0.717) is 19.3 Å². The van der Waals surface area contributed by atoms with Crippen molar-refractivity contribution >= 4 is 23.9 Å². The third-order valence-corrected chi connectivity index (χ3v) is 16.7. The van der Waals surface area contributed by atoms with Crippen LogP contribution in [0.1, 0.15) is 367 Å². The van der Waals surface area contributed by atoms with Gasteiger partial charge in [0.1, 0.15) is 18.8 Å². The highest BCUT2D eigenvalue weighted by molar-refractivity contribution is 5.74. The third-order valence-electron chi connectivity index (χ3n) is 16.7. The molecule has 0 aliphatic carbocycles. The van der Waals surface area contributed by atoms with Crippen molar-refractivity contribution in [1.29, 1.82) is 0 Å². The standard InChI is InChI=1S/C69H130O12/c1-4-7-10-13-16-19-22-25-28-31-34-37-40-43-46-49-52-55-61(70)77-58-60(79-62(71)56-53-50-47-44-41-38-35-32-29-26-23-20-17-14-11-8-5-2)59-78-69-67(65(74)64(73)66(81-69)68(75)76)80-63(72)57-54-51-48-45-42-39-36-33-30-27-24-21-18-15-12-9-6-3/h60,64-67,69,73-74H,4-59H2,1-3H3,(H,75,76). The monoisotopic (exact) mass is 1150 g/mol. The molecule has 0 aromatic heterocycles. The first-order valence-corrected chi connectivity index (χ1v) is 35.0. The van der Waals surface area contributed by atoms with Gasteiger partial charge in [-0.05, 0) is 19.3 Å². The molecule has 6 unspecified atom stereocenters. The zero-order valence-corrected chi connectivity index (χ0v) is 53.1. The van der Waals surface area contributed by atoms with Crippen LogP contribution in [0, 0.1) is 0 Å². The van der Waals surface area contributed by atoms with E-state index in [9.17, 15) is 34.5 Å². The summed E-state index contributed by atoms with van der Waals surface area (Å²) in [5.41, 5.74) is 0. The highest BCUT2D eigenvalue weighted by Crippen LogP contribution is 2.27. The van der Waals surface area contributed by atoms with Crippen LogP contribution >= 0.6 is 0 Å². The molecule has 1 aliphatic rings. The molecule has 1 heterocycles. The molecule has 3 N–H and O–H groups in total. The largest absolute Gasteiger partial charge is 0.479 e. The Hall–Kier alpha value is -2.28.